The number of nitrogens with zero attached hydrogens (tertiary/aromatic N) is 2. The minimum absolute atomic E-state index is 0. The van der Waals surface area contributed by atoms with Crippen LogP contribution in [0.5, 0.6) is 11.6 Å². The summed E-state index contributed by atoms with van der Waals surface area (Å²) in [5.41, 5.74) is -4.27. The van der Waals surface area contributed by atoms with E-state index in [1.54, 1.807) is 73.0 Å². The van der Waals surface area contributed by atoms with Crippen molar-refractivity contribution in [3.63, 3.8) is 0 Å². The molecule has 2 heterocycles. The van der Waals surface area contributed by atoms with E-state index in [0.717, 1.165) is 5.39 Å². The van der Waals surface area contributed by atoms with E-state index in [4.69, 9.17) is 23.1 Å². The van der Waals surface area contributed by atoms with Crippen LogP contribution in [0, 0.1) is 11.3 Å². The molecule has 3 N–H and O–H groups in total. The van der Waals surface area contributed by atoms with Crippen molar-refractivity contribution >= 4 is 44.9 Å². The molecule has 4 amide bonds. The van der Waals surface area contributed by atoms with Gasteiger partial charge in [-0.05, 0) is 81.0 Å². The highest BCUT2D eigenvalue weighted by molar-refractivity contribution is 7.85. The van der Waals surface area contributed by atoms with Gasteiger partial charge >= 0.3 is 16.4 Å². The molecule has 1 saturated heterocycles. The van der Waals surface area contributed by atoms with Crippen LogP contribution in [0.15, 0.2) is 30.5 Å². The second-order valence-corrected chi connectivity index (χ2v) is 17.7. The normalized spacial score (nSPS) is 23.9. The molecule has 1 aromatic heterocycles. The number of likely N-dealkylation sites (tertiary alicyclic amines) is 1. The predicted octanol–water partition coefficient (Wildman–Crippen LogP) is 4.11. The van der Waals surface area contributed by atoms with Crippen molar-refractivity contribution in [1.82, 2.24) is 25.2 Å². The Bertz CT molecular complexity index is 1890. The highest BCUT2D eigenvalue weighted by atomic mass is 32.2. The summed E-state index contributed by atoms with van der Waals surface area (Å²) in [6, 6.07) is 4.87. The zero-order chi connectivity index (χ0) is 39.9. The minimum atomic E-state index is -4.46. The Morgan fingerprint density at radius 2 is 1.80 bits per heavy atom. The average Bonchev–Trinajstić information content (AvgIpc) is 3.94. The first-order chi connectivity index (χ1) is 25.1. The van der Waals surface area contributed by atoms with Crippen LogP contribution < -0.4 is 24.8 Å². The molecule has 16 nitrogen and oxygen atoms in total. The number of ether oxygens (including phenoxy) is 4. The number of aromatic nitrogens is 1. The summed E-state index contributed by atoms with van der Waals surface area (Å²) in [5.74, 6) is -1.62. The Balaban J connectivity index is 0.00000374. The van der Waals surface area contributed by atoms with E-state index in [9.17, 15) is 27.6 Å². The molecular formula is C37H59N5O11S. The van der Waals surface area contributed by atoms with E-state index in [2.05, 4.69) is 15.6 Å². The van der Waals surface area contributed by atoms with Gasteiger partial charge in [0.1, 0.15) is 35.1 Å². The highest BCUT2D eigenvalue weighted by Crippen LogP contribution is 2.47. The zero-order valence-electron chi connectivity index (χ0n) is 32.4. The van der Waals surface area contributed by atoms with Crippen molar-refractivity contribution in [1.29, 1.82) is 0 Å². The Morgan fingerprint density at radius 3 is 2.39 bits per heavy atom. The first-order valence-electron chi connectivity index (χ1n) is 18.1. The maximum atomic E-state index is 14.6. The summed E-state index contributed by atoms with van der Waals surface area (Å²) in [6.45, 7) is 12.1. The Kier molecular flexibility index (Phi) is 11.5. The monoisotopic (exact) mass is 781 g/mol. The fraction of sp³-hybridized carbons (Fsp3) is 0.649. The number of rotatable bonds is 15. The summed E-state index contributed by atoms with van der Waals surface area (Å²) in [4.78, 5) is 61.4. The first kappa shape index (κ1) is 41.0. The molecule has 5 atom stereocenters. The van der Waals surface area contributed by atoms with Gasteiger partial charge in [0.05, 0.1) is 25.9 Å². The lowest BCUT2D eigenvalue weighted by molar-refractivity contribution is -0.143. The minimum Gasteiger partial charge on any atom is -0.497 e. The van der Waals surface area contributed by atoms with Crippen molar-refractivity contribution in [3.05, 3.63) is 30.5 Å². The predicted molar refractivity (Wildman–Crippen MR) is 203 cm³/mol. The molecule has 17 heteroatoms. The number of benzene rings is 1. The number of hydrogen-bond acceptors (Lipinski definition) is 12. The molecule has 0 bridgehead atoms. The zero-order valence-corrected chi connectivity index (χ0v) is 33.3. The van der Waals surface area contributed by atoms with Crippen LogP contribution in [0.25, 0.3) is 10.8 Å². The van der Waals surface area contributed by atoms with Gasteiger partial charge in [0.2, 0.25) is 17.7 Å². The third-order valence-corrected chi connectivity index (χ3v) is 11.2. The van der Waals surface area contributed by atoms with Gasteiger partial charge in [0.15, 0.2) is 0 Å². The van der Waals surface area contributed by atoms with Crippen molar-refractivity contribution in [3.8, 4) is 11.6 Å². The number of nitrogens with one attached hydrogen (secondary N) is 3. The summed E-state index contributed by atoms with van der Waals surface area (Å²) in [5, 5.41) is 7.00. The van der Waals surface area contributed by atoms with Crippen LogP contribution in [0.1, 0.15) is 84.9 Å². The number of carbonyl (C=O) groups is 4. The van der Waals surface area contributed by atoms with Crippen LogP contribution in [0.4, 0.5) is 4.79 Å². The van der Waals surface area contributed by atoms with Gasteiger partial charge in [-0.2, -0.15) is 8.42 Å². The number of pyridine rings is 1. The van der Waals surface area contributed by atoms with E-state index in [-0.39, 0.29) is 42.1 Å². The van der Waals surface area contributed by atoms with E-state index < -0.39 is 74.5 Å². The largest absolute Gasteiger partial charge is 0.497 e. The lowest BCUT2D eigenvalue weighted by Crippen LogP contribution is -2.60. The van der Waals surface area contributed by atoms with E-state index in [1.807, 2.05) is 17.7 Å². The SMILES string of the molecule is CC[C@@H]1C[C@]1(NC(=O)[C@@H]1C[C@@H](Oc2nccc3cc(OC)ccc23)CN1C(=O)[C@@H](NC(=O)OC(C)(C)COC)C(C)(C)C)C(=O)NS(=O)(=O)OC1(C)CC1.[HH].[HH].[HH]. The number of amides is 4. The Hall–Kier alpha value is -4.22. The average molecular weight is 782 g/mol. The number of alkyl carbamates (subject to hydrolysis) is 1. The number of methoxy groups -OCH3 is 2. The molecule has 304 valence electrons. The van der Waals surface area contributed by atoms with Crippen LogP contribution >= 0.6 is 0 Å². The van der Waals surface area contributed by atoms with E-state index >= 15 is 0 Å². The van der Waals surface area contributed by atoms with Crippen molar-refractivity contribution in [2.45, 2.75) is 115 Å². The molecule has 3 fully saturated rings. The molecular weight excluding hydrogens is 722 g/mol. The Morgan fingerprint density at radius 1 is 1.09 bits per heavy atom. The fourth-order valence-corrected chi connectivity index (χ4v) is 7.98. The van der Waals surface area contributed by atoms with Crippen LogP contribution in [0.3, 0.4) is 0 Å². The lowest BCUT2D eigenvalue weighted by atomic mass is 9.85. The fourth-order valence-electron chi connectivity index (χ4n) is 6.84. The highest BCUT2D eigenvalue weighted by Gasteiger charge is 2.62. The summed E-state index contributed by atoms with van der Waals surface area (Å²) < 4.78 is 55.2. The molecule has 2 aliphatic carbocycles. The van der Waals surface area contributed by atoms with Gasteiger partial charge in [0, 0.05) is 29.4 Å². The standard InChI is InChI=1S/C37H53N5O11S.3H2/c1-10-23-19-37(23,32(45)41-54(47,48)53-36(7)14-15-36)40-29(43)27-18-25(51-30-26-12-11-24(50-9)17-22(26)13-16-38-30)20-42(27)31(44)28(34(2,3)4)39-33(46)52-35(5,6)21-49-8;;;/h11-13,16-17,23,25,27-28H,10,14-15,18-21H2,1-9H3,(H,39,46)(H,40,43)(H,41,45);3*1H/t23-,25-,27+,28-,37-;;;/m1.../s1. The molecule has 54 heavy (non-hydrogen) atoms. The number of hydrogen-bond donors (Lipinski definition) is 3. The third kappa shape index (κ3) is 9.34. The molecule has 2 aromatic rings. The molecule has 0 unspecified atom stereocenters. The first-order valence-corrected chi connectivity index (χ1v) is 19.5. The van der Waals surface area contributed by atoms with Gasteiger partial charge in [-0.3, -0.25) is 14.4 Å². The summed E-state index contributed by atoms with van der Waals surface area (Å²) in [7, 11) is -1.42. The molecule has 1 aliphatic heterocycles. The second-order valence-electron chi connectivity index (χ2n) is 16.4. The molecule has 3 aliphatic rings. The van der Waals surface area contributed by atoms with Crippen LogP contribution in [0.2, 0.25) is 0 Å². The molecule has 1 aromatic carbocycles. The molecule has 5 rings (SSSR count). The van der Waals surface area contributed by atoms with Gasteiger partial charge < -0.3 is 34.5 Å². The van der Waals surface area contributed by atoms with Gasteiger partial charge in [0.25, 0.3) is 5.91 Å². The van der Waals surface area contributed by atoms with Crippen molar-refractivity contribution in [2.75, 3.05) is 27.4 Å². The number of carbonyl (C=O) groups excluding carboxylic acids is 4. The number of fused-ring (bicyclic) bond motifs is 1. The molecule has 2 saturated carbocycles. The van der Waals surface area contributed by atoms with Crippen LogP contribution in [-0.2, 0) is 38.3 Å². The van der Waals surface area contributed by atoms with Gasteiger partial charge in [-0.25, -0.2) is 18.7 Å². The summed E-state index contributed by atoms with van der Waals surface area (Å²) >= 11 is 0. The van der Waals surface area contributed by atoms with Crippen molar-refractivity contribution < 1.29 is 55.0 Å². The van der Waals surface area contributed by atoms with E-state index in [0.29, 0.717) is 30.4 Å². The maximum absolute atomic E-state index is 14.6. The molecule has 0 radical (unpaired) electrons. The molecule has 0 spiro atoms. The smallest absolute Gasteiger partial charge is 0.408 e. The summed E-state index contributed by atoms with van der Waals surface area (Å²) in [6.07, 6.45) is 1.72. The Labute approximate surface area is 321 Å². The van der Waals surface area contributed by atoms with Gasteiger partial charge in [-0.15, -0.1) is 0 Å². The maximum Gasteiger partial charge on any atom is 0.408 e. The second kappa shape index (κ2) is 15.1. The quantitative estimate of drug-likeness (QED) is 0.234. The van der Waals surface area contributed by atoms with Crippen LogP contribution in [-0.4, -0.2) is 104 Å². The lowest BCUT2D eigenvalue weighted by Gasteiger charge is -2.36. The van der Waals surface area contributed by atoms with Gasteiger partial charge in [-0.1, -0.05) is 34.1 Å². The third-order valence-electron chi connectivity index (χ3n) is 10.1. The van der Waals surface area contributed by atoms with Crippen molar-refractivity contribution in [2.24, 2.45) is 11.3 Å². The van der Waals surface area contributed by atoms with E-state index in [1.165, 1.54) is 12.0 Å². The topological polar surface area (TPSA) is 201 Å².